The summed E-state index contributed by atoms with van der Waals surface area (Å²) < 4.78 is 1.10. The molecule has 1 heterocycles. The van der Waals surface area contributed by atoms with Crippen molar-refractivity contribution in [2.45, 2.75) is 12.5 Å². The van der Waals surface area contributed by atoms with E-state index in [2.05, 4.69) is 22.0 Å². The van der Waals surface area contributed by atoms with Crippen molar-refractivity contribution in [1.82, 2.24) is 0 Å². The Kier molecular flexibility index (Phi) is 4.03. The minimum atomic E-state index is -0.0359. The Hall–Kier alpha value is -0.350. The lowest BCUT2D eigenvalue weighted by Crippen LogP contribution is -2.12. The fourth-order valence-electron chi connectivity index (χ4n) is 1.56. The summed E-state index contributed by atoms with van der Waals surface area (Å²) in [5.74, 6) is 0. The maximum Gasteiger partial charge on any atom is 0.0561 e. The Morgan fingerprint density at radius 3 is 2.69 bits per heavy atom. The highest BCUT2D eigenvalue weighted by molar-refractivity contribution is 9.10. The number of nitrogens with two attached hydrogens (primary N) is 1. The third-order valence-electron chi connectivity index (χ3n) is 2.38. The summed E-state index contributed by atoms with van der Waals surface area (Å²) in [5, 5.41) is 2.74. The summed E-state index contributed by atoms with van der Waals surface area (Å²) in [6.45, 7) is 0. The van der Waals surface area contributed by atoms with Crippen LogP contribution in [0.15, 0.2) is 40.2 Å². The van der Waals surface area contributed by atoms with Crippen LogP contribution in [0.3, 0.4) is 0 Å². The van der Waals surface area contributed by atoms with Gasteiger partial charge < -0.3 is 5.73 Å². The van der Waals surface area contributed by atoms with E-state index in [4.69, 9.17) is 17.3 Å². The van der Waals surface area contributed by atoms with Crippen LogP contribution in [0.25, 0.3) is 0 Å². The molecule has 84 valence electrons. The largest absolute Gasteiger partial charge is 0.323 e. The topological polar surface area (TPSA) is 26.0 Å². The molecule has 0 spiro atoms. The van der Waals surface area contributed by atoms with Crippen molar-refractivity contribution in [3.05, 3.63) is 55.6 Å². The molecule has 2 aromatic rings. The average molecular weight is 317 g/mol. The molecule has 16 heavy (non-hydrogen) atoms. The lowest BCUT2D eigenvalue weighted by Gasteiger charge is -2.11. The fraction of sp³-hybridized carbons (Fsp3) is 0.167. The van der Waals surface area contributed by atoms with Crippen LogP contribution < -0.4 is 5.73 Å². The van der Waals surface area contributed by atoms with E-state index in [0.29, 0.717) is 0 Å². The molecule has 1 aromatic heterocycles. The van der Waals surface area contributed by atoms with Crippen molar-refractivity contribution in [2.75, 3.05) is 0 Å². The highest BCUT2D eigenvalue weighted by atomic mass is 79.9. The van der Waals surface area contributed by atoms with Gasteiger partial charge in [0, 0.05) is 15.4 Å². The fourth-order valence-corrected chi connectivity index (χ4v) is 3.21. The first-order valence-electron chi connectivity index (χ1n) is 4.90. The van der Waals surface area contributed by atoms with Crippen molar-refractivity contribution >= 4 is 38.9 Å². The number of halogens is 2. The highest BCUT2D eigenvalue weighted by Crippen LogP contribution is 2.30. The average Bonchev–Trinajstić information content (AvgIpc) is 2.68. The molecule has 1 aromatic carbocycles. The molecule has 4 heteroatoms. The Morgan fingerprint density at radius 1 is 1.31 bits per heavy atom. The SMILES string of the molecule is NC(Cc1ccccc1Br)c1sccc1Cl. The van der Waals surface area contributed by atoms with E-state index in [-0.39, 0.29) is 6.04 Å². The summed E-state index contributed by atoms with van der Waals surface area (Å²) in [7, 11) is 0. The highest BCUT2D eigenvalue weighted by Gasteiger charge is 2.13. The Labute approximate surface area is 112 Å². The van der Waals surface area contributed by atoms with Gasteiger partial charge in [-0.1, -0.05) is 45.7 Å². The van der Waals surface area contributed by atoms with Gasteiger partial charge >= 0.3 is 0 Å². The smallest absolute Gasteiger partial charge is 0.0561 e. The zero-order valence-electron chi connectivity index (χ0n) is 8.49. The van der Waals surface area contributed by atoms with Gasteiger partial charge in [0.25, 0.3) is 0 Å². The van der Waals surface area contributed by atoms with E-state index < -0.39 is 0 Å². The monoisotopic (exact) mass is 315 g/mol. The van der Waals surface area contributed by atoms with Gasteiger partial charge in [0.15, 0.2) is 0 Å². The predicted molar refractivity (Wildman–Crippen MR) is 74.1 cm³/mol. The first-order valence-corrected chi connectivity index (χ1v) is 6.95. The molecule has 2 rings (SSSR count). The number of hydrogen-bond acceptors (Lipinski definition) is 2. The van der Waals surface area contributed by atoms with Crippen LogP contribution in [-0.2, 0) is 6.42 Å². The summed E-state index contributed by atoms with van der Waals surface area (Å²) in [6, 6.07) is 9.97. The Morgan fingerprint density at radius 2 is 2.06 bits per heavy atom. The zero-order chi connectivity index (χ0) is 11.5. The molecule has 1 atom stereocenters. The second-order valence-electron chi connectivity index (χ2n) is 3.53. The molecule has 1 unspecified atom stereocenters. The molecule has 0 saturated carbocycles. The standard InChI is InChI=1S/C12H11BrClNS/c13-9-4-2-1-3-8(9)7-11(15)12-10(14)5-6-16-12/h1-6,11H,7,15H2. The van der Waals surface area contributed by atoms with Gasteiger partial charge in [0.1, 0.15) is 0 Å². The van der Waals surface area contributed by atoms with Crippen LogP contribution in [0.4, 0.5) is 0 Å². The minimum absolute atomic E-state index is 0.0359. The van der Waals surface area contributed by atoms with Crippen molar-refractivity contribution in [1.29, 1.82) is 0 Å². The summed E-state index contributed by atoms with van der Waals surface area (Å²) in [5.41, 5.74) is 7.35. The Bertz CT molecular complexity index is 483. The summed E-state index contributed by atoms with van der Waals surface area (Å²) in [4.78, 5) is 1.05. The third-order valence-corrected chi connectivity index (χ3v) is 4.64. The predicted octanol–water partition coefficient (Wildman–Crippen LogP) is 4.41. The molecule has 0 saturated heterocycles. The molecule has 1 nitrogen and oxygen atoms in total. The number of hydrogen-bond donors (Lipinski definition) is 1. The molecular weight excluding hydrogens is 306 g/mol. The van der Waals surface area contributed by atoms with Crippen molar-refractivity contribution in [3.63, 3.8) is 0 Å². The second-order valence-corrected chi connectivity index (χ2v) is 5.74. The van der Waals surface area contributed by atoms with E-state index in [1.807, 2.05) is 29.6 Å². The van der Waals surface area contributed by atoms with Crippen molar-refractivity contribution in [3.8, 4) is 0 Å². The number of thiophene rings is 1. The molecular formula is C12H11BrClNS. The molecule has 0 fully saturated rings. The zero-order valence-corrected chi connectivity index (χ0v) is 11.6. The van der Waals surface area contributed by atoms with Crippen molar-refractivity contribution < 1.29 is 0 Å². The normalized spacial score (nSPS) is 12.7. The van der Waals surface area contributed by atoms with Crippen LogP contribution in [0, 0.1) is 0 Å². The van der Waals surface area contributed by atoms with Crippen molar-refractivity contribution in [2.24, 2.45) is 5.73 Å². The van der Waals surface area contributed by atoms with Gasteiger partial charge in [0.05, 0.1) is 5.02 Å². The van der Waals surface area contributed by atoms with Gasteiger partial charge in [-0.2, -0.15) is 0 Å². The van der Waals surface area contributed by atoms with Gasteiger partial charge in [0.2, 0.25) is 0 Å². The van der Waals surface area contributed by atoms with Crippen LogP contribution in [0.2, 0.25) is 5.02 Å². The molecule has 0 bridgehead atoms. The van der Waals surface area contributed by atoms with Crippen LogP contribution in [0.5, 0.6) is 0 Å². The summed E-state index contributed by atoms with van der Waals surface area (Å²) >= 11 is 11.2. The van der Waals surface area contributed by atoms with Crippen LogP contribution >= 0.6 is 38.9 Å². The maximum atomic E-state index is 6.15. The first-order chi connectivity index (χ1) is 7.68. The van der Waals surface area contributed by atoms with E-state index in [1.54, 1.807) is 11.3 Å². The third kappa shape index (κ3) is 2.66. The number of rotatable bonds is 3. The molecule has 2 N–H and O–H groups in total. The molecule has 0 aliphatic rings. The van der Waals surface area contributed by atoms with E-state index >= 15 is 0 Å². The van der Waals surface area contributed by atoms with E-state index in [9.17, 15) is 0 Å². The van der Waals surface area contributed by atoms with Crippen LogP contribution in [-0.4, -0.2) is 0 Å². The second kappa shape index (κ2) is 5.32. The van der Waals surface area contributed by atoms with Crippen LogP contribution in [0.1, 0.15) is 16.5 Å². The van der Waals surface area contributed by atoms with E-state index in [1.165, 1.54) is 5.56 Å². The van der Waals surface area contributed by atoms with Gasteiger partial charge in [-0.05, 0) is 29.5 Å². The quantitative estimate of drug-likeness (QED) is 0.892. The van der Waals surface area contributed by atoms with E-state index in [0.717, 1.165) is 20.8 Å². The minimum Gasteiger partial charge on any atom is -0.323 e. The van der Waals surface area contributed by atoms with Gasteiger partial charge in [-0.3, -0.25) is 0 Å². The molecule has 0 aliphatic heterocycles. The van der Waals surface area contributed by atoms with Gasteiger partial charge in [-0.25, -0.2) is 0 Å². The molecule has 0 amide bonds. The Balaban J connectivity index is 2.17. The lowest BCUT2D eigenvalue weighted by atomic mass is 10.1. The number of benzene rings is 1. The first kappa shape index (κ1) is 12.1. The summed E-state index contributed by atoms with van der Waals surface area (Å²) in [6.07, 6.45) is 0.793. The maximum absolute atomic E-state index is 6.15. The molecule has 0 radical (unpaired) electrons. The van der Waals surface area contributed by atoms with Gasteiger partial charge in [-0.15, -0.1) is 11.3 Å². The lowest BCUT2D eigenvalue weighted by molar-refractivity contribution is 0.734. The molecule has 0 aliphatic carbocycles.